The summed E-state index contributed by atoms with van der Waals surface area (Å²) in [6, 6.07) is 0. The Bertz CT molecular complexity index is 112. The van der Waals surface area contributed by atoms with Gasteiger partial charge in [-0.15, -0.1) is 0 Å². The molecular weight excluding hydrogens is 133 g/mol. The summed E-state index contributed by atoms with van der Waals surface area (Å²) in [4.78, 5) is 8.23. The quantitative estimate of drug-likeness (QED) is 0.295. The third-order valence-electron chi connectivity index (χ3n) is 0.812. The third kappa shape index (κ3) is 1.58. The van der Waals surface area contributed by atoms with Crippen molar-refractivity contribution in [2.45, 2.75) is 5.79 Å². The Kier molecular flexibility index (Phi) is 2.47. The zero-order valence-electron chi connectivity index (χ0n) is 4.45. The van der Waals surface area contributed by atoms with Crippen molar-refractivity contribution in [1.82, 2.24) is 0 Å². The maximum Gasteiger partial charge on any atom is 0.403 e. The summed E-state index contributed by atoms with van der Waals surface area (Å²) in [7, 11) is 0. The smallest absolute Gasteiger partial charge is 0.386 e. The summed E-state index contributed by atoms with van der Waals surface area (Å²) in [6.45, 7) is -2.62. The molecule has 0 saturated heterocycles. The molecule has 54 valence electrons. The lowest BCUT2D eigenvalue weighted by Crippen LogP contribution is -2.40. The molecule has 0 unspecified atom stereocenters. The van der Waals surface area contributed by atoms with Crippen LogP contribution in [-0.4, -0.2) is 34.1 Å². The zero-order valence-corrected chi connectivity index (χ0v) is 4.45. The molecule has 0 aliphatic rings. The molecule has 0 amide bonds. The van der Waals surface area contributed by atoms with Crippen molar-refractivity contribution in [2.75, 3.05) is 13.2 Å². The largest absolute Gasteiger partial charge is 0.403 e. The highest BCUT2D eigenvalue weighted by molar-refractivity contribution is 4.60. The van der Waals surface area contributed by atoms with Crippen LogP contribution in [0.3, 0.4) is 0 Å². The molecule has 2 N–H and O–H groups in total. The molecule has 0 aliphatic heterocycles. The number of rotatable bonds is 3. The zero-order chi connectivity index (χ0) is 7.49. The molecule has 0 aromatic heterocycles. The van der Waals surface area contributed by atoms with Gasteiger partial charge in [0.25, 0.3) is 0 Å². The van der Waals surface area contributed by atoms with Crippen molar-refractivity contribution >= 4 is 0 Å². The molecule has 9 heavy (non-hydrogen) atoms. The first-order valence-corrected chi connectivity index (χ1v) is 2.12. The van der Waals surface area contributed by atoms with Gasteiger partial charge in [-0.1, -0.05) is 0 Å². The molecule has 5 nitrogen and oxygen atoms in total. The first-order chi connectivity index (χ1) is 4.06. The topological polar surface area (TPSA) is 83.6 Å². The molecule has 0 bridgehead atoms. The van der Waals surface area contributed by atoms with E-state index in [-0.39, 0.29) is 0 Å². The highest BCUT2D eigenvalue weighted by atomic mass is 19.1. The average molecular weight is 139 g/mol. The van der Waals surface area contributed by atoms with Crippen molar-refractivity contribution in [2.24, 2.45) is 0 Å². The summed E-state index contributed by atoms with van der Waals surface area (Å²) in [5.74, 6) is -3.08. The van der Waals surface area contributed by atoms with Gasteiger partial charge in [0.15, 0.2) is 0 Å². The van der Waals surface area contributed by atoms with E-state index in [4.69, 9.17) is 10.2 Å². The standard InChI is InChI=1S/C3H6FNO4/c4-3(1-6,2-7)5(8)9/h6-7H,1-2H2. The maximum absolute atomic E-state index is 12.2. The van der Waals surface area contributed by atoms with Crippen LogP contribution < -0.4 is 0 Å². The lowest BCUT2D eigenvalue weighted by atomic mass is 10.3. The molecule has 0 heterocycles. The number of hydrogen-bond acceptors (Lipinski definition) is 4. The monoisotopic (exact) mass is 139 g/mol. The van der Waals surface area contributed by atoms with Gasteiger partial charge >= 0.3 is 5.79 Å². The number of aliphatic hydroxyl groups excluding tert-OH is 2. The van der Waals surface area contributed by atoms with Crippen LogP contribution in [0.5, 0.6) is 0 Å². The number of halogens is 1. The lowest BCUT2D eigenvalue weighted by molar-refractivity contribution is -0.612. The minimum Gasteiger partial charge on any atom is -0.386 e. The molecule has 0 fully saturated rings. The van der Waals surface area contributed by atoms with E-state index in [0.29, 0.717) is 0 Å². The average Bonchev–Trinajstić information content (AvgIpc) is 1.86. The molecule has 0 atom stereocenters. The van der Waals surface area contributed by atoms with Gasteiger partial charge < -0.3 is 10.2 Å². The predicted octanol–water partition coefficient (Wildman–Crippen LogP) is -1.09. The third-order valence-corrected chi connectivity index (χ3v) is 0.812. The van der Waals surface area contributed by atoms with Crippen LogP contribution in [0.4, 0.5) is 4.39 Å². The molecule has 0 spiro atoms. The molecular formula is C3H6FNO4. The molecule has 0 aromatic carbocycles. The van der Waals surface area contributed by atoms with Crippen molar-refractivity contribution in [1.29, 1.82) is 0 Å². The first-order valence-electron chi connectivity index (χ1n) is 2.12. The predicted molar refractivity (Wildman–Crippen MR) is 25.0 cm³/mol. The van der Waals surface area contributed by atoms with E-state index in [1.807, 2.05) is 0 Å². The summed E-state index contributed by atoms with van der Waals surface area (Å²) < 4.78 is 12.2. The van der Waals surface area contributed by atoms with Crippen LogP contribution in [0.15, 0.2) is 0 Å². The van der Waals surface area contributed by atoms with Gasteiger partial charge in [0.1, 0.15) is 13.2 Å². The van der Waals surface area contributed by atoms with Gasteiger partial charge in [-0.25, -0.2) is 0 Å². The Morgan fingerprint density at radius 1 is 1.56 bits per heavy atom. The molecule has 0 aromatic rings. The fourth-order valence-corrected chi connectivity index (χ4v) is 0.165. The van der Waals surface area contributed by atoms with Crippen molar-refractivity contribution in [3.8, 4) is 0 Å². The fraction of sp³-hybridized carbons (Fsp3) is 1.00. The molecule has 0 aliphatic carbocycles. The SMILES string of the molecule is O=[N+]([O-])C(F)(CO)CO. The molecule has 6 heteroatoms. The Balaban J connectivity index is 4.09. The highest BCUT2D eigenvalue weighted by Gasteiger charge is 2.41. The van der Waals surface area contributed by atoms with Gasteiger partial charge in [-0.3, -0.25) is 10.1 Å². The minimum absolute atomic E-state index is 1.31. The van der Waals surface area contributed by atoms with Crippen LogP contribution in [0.1, 0.15) is 0 Å². The summed E-state index contributed by atoms with van der Waals surface area (Å²) in [5.41, 5.74) is 0. The van der Waals surface area contributed by atoms with Crippen LogP contribution in [0.2, 0.25) is 0 Å². The molecule has 0 radical (unpaired) electrons. The number of nitro groups is 1. The van der Waals surface area contributed by atoms with Crippen LogP contribution >= 0.6 is 0 Å². The fourth-order valence-electron chi connectivity index (χ4n) is 0.165. The molecule has 0 rings (SSSR count). The number of nitrogens with zero attached hydrogens (tertiary/aromatic N) is 1. The summed E-state index contributed by atoms with van der Waals surface area (Å²) >= 11 is 0. The van der Waals surface area contributed by atoms with Crippen molar-refractivity contribution in [3.05, 3.63) is 10.1 Å². The van der Waals surface area contributed by atoms with Crippen LogP contribution in [0, 0.1) is 10.1 Å². The Labute approximate surface area is 49.9 Å². The summed E-state index contributed by atoms with van der Waals surface area (Å²) in [5, 5.41) is 25.6. The number of aliphatic hydroxyl groups is 2. The van der Waals surface area contributed by atoms with E-state index in [2.05, 4.69) is 0 Å². The van der Waals surface area contributed by atoms with Crippen molar-refractivity contribution in [3.63, 3.8) is 0 Å². The first kappa shape index (κ1) is 8.25. The van der Waals surface area contributed by atoms with Gasteiger partial charge in [-0.05, 0) is 0 Å². The highest BCUT2D eigenvalue weighted by Crippen LogP contribution is 2.08. The second kappa shape index (κ2) is 2.70. The molecule has 0 saturated carbocycles. The second-order valence-corrected chi connectivity index (χ2v) is 1.49. The van der Waals surface area contributed by atoms with Gasteiger partial charge in [0, 0.05) is 0 Å². The Morgan fingerprint density at radius 3 is 1.89 bits per heavy atom. The van der Waals surface area contributed by atoms with E-state index in [1.165, 1.54) is 0 Å². The van der Waals surface area contributed by atoms with Gasteiger partial charge in [-0.2, -0.15) is 4.39 Å². The number of hydrogen-bond donors (Lipinski definition) is 2. The van der Waals surface area contributed by atoms with Gasteiger partial charge in [0.05, 0.1) is 4.92 Å². The maximum atomic E-state index is 12.2. The van der Waals surface area contributed by atoms with Gasteiger partial charge in [0.2, 0.25) is 0 Å². The Morgan fingerprint density at radius 2 is 1.89 bits per heavy atom. The van der Waals surface area contributed by atoms with E-state index in [9.17, 15) is 14.5 Å². The Hall–Kier alpha value is -0.750. The van der Waals surface area contributed by atoms with E-state index < -0.39 is 23.9 Å². The van der Waals surface area contributed by atoms with Crippen LogP contribution in [-0.2, 0) is 0 Å². The van der Waals surface area contributed by atoms with E-state index in [1.54, 1.807) is 0 Å². The van der Waals surface area contributed by atoms with E-state index in [0.717, 1.165) is 0 Å². The minimum atomic E-state index is -3.08. The lowest BCUT2D eigenvalue weighted by Gasteiger charge is -2.08. The van der Waals surface area contributed by atoms with Crippen LogP contribution in [0.25, 0.3) is 0 Å². The second-order valence-electron chi connectivity index (χ2n) is 1.49. The number of alkyl halides is 1. The summed E-state index contributed by atoms with van der Waals surface area (Å²) in [6.07, 6.45) is 0. The normalized spacial score (nSPS) is 11.4. The van der Waals surface area contributed by atoms with Crippen molar-refractivity contribution < 1.29 is 19.5 Å². The van der Waals surface area contributed by atoms with E-state index >= 15 is 0 Å².